The van der Waals surface area contributed by atoms with Crippen molar-refractivity contribution in [2.24, 2.45) is 5.92 Å². The molecule has 0 spiro atoms. The first-order valence-corrected chi connectivity index (χ1v) is 6.80. The van der Waals surface area contributed by atoms with Gasteiger partial charge in [0.05, 0.1) is 5.69 Å². The van der Waals surface area contributed by atoms with Crippen LogP contribution in [0.2, 0.25) is 0 Å². The van der Waals surface area contributed by atoms with Crippen molar-refractivity contribution < 1.29 is 0 Å². The van der Waals surface area contributed by atoms with Crippen molar-refractivity contribution in [2.45, 2.75) is 57.3 Å². The highest BCUT2D eigenvalue weighted by atomic mass is 15.4. The summed E-state index contributed by atoms with van der Waals surface area (Å²) in [5.74, 6) is 9.68. The van der Waals surface area contributed by atoms with Gasteiger partial charge in [0, 0.05) is 11.8 Å². The maximum Gasteiger partial charge on any atom is 0.146 e. The van der Waals surface area contributed by atoms with Crippen LogP contribution in [0.3, 0.4) is 0 Å². The summed E-state index contributed by atoms with van der Waals surface area (Å²) in [6.07, 6.45) is 7.45. The van der Waals surface area contributed by atoms with Crippen molar-refractivity contribution in [3.8, 4) is 0 Å². The van der Waals surface area contributed by atoms with Gasteiger partial charge in [0.25, 0.3) is 0 Å². The van der Waals surface area contributed by atoms with Crippen LogP contribution >= 0.6 is 0 Å². The highest BCUT2D eigenvalue weighted by molar-refractivity contribution is 5.42. The fraction of sp³-hybridized carbons (Fsp3) is 0.769. The zero-order valence-electron chi connectivity index (χ0n) is 10.5. The molecule has 1 aromatic rings. The largest absolute Gasteiger partial charge is 0.382 e. The second kappa shape index (κ2) is 3.93. The van der Waals surface area contributed by atoms with E-state index in [1.807, 2.05) is 0 Å². The van der Waals surface area contributed by atoms with Crippen molar-refractivity contribution >= 4 is 5.82 Å². The summed E-state index contributed by atoms with van der Waals surface area (Å²) >= 11 is 0. The summed E-state index contributed by atoms with van der Waals surface area (Å²) < 4.78 is 1.63. The minimum absolute atomic E-state index is 0.536. The van der Waals surface area contributed by atoms with Crippen molar-refractivity contribution in [1.82, 2.24) is 9.66 Å². The SMILES string of the molecule is CC1CCC(c2nc(C3CC3)n(N)c2N)CC1. The molecule has 4 nitrogen and oxygen atoms in total. The second-order valence-corrected chi connectivity index (χ2v) is 5.84. The first-order chi connectivity index (χ1) is 8.16. The van der Waals surface area contributed by atoms with Crippen LogP contribution in [-0.4, -0.2) is 9.66 Å². The molecule has 1 heterocycles. The van der Waals surface area contributed by atoms with Gasteiger partial charge in [-0.15, -0.1) is 0 Å². The summed E-state index contributed by atoms with van der Waals surface area (Å²) in [5.41, 5.74) is 7.18. The third kappa shape index (κ3) is 1.90. The predicted octanol–water partition coefficient (Wildman–Crippen LogP) is 2.35. The Balaban J connectivity index is 1.84. The number of aromatic nitrogens is 2. The molecule has 3 rings (SSSR count). The Kier molecular flexibility index (Phi) is 2.53. The molecule has 0 amide bonds. The number of nitrogens with zero attached hydrogens (tertiary/aromatic N) is 2. The molecule has 2 fully saturated rings. The first kappa shape index (κ1) is 10.9. The molecule has 0 bridgehead atoms. The van der Waals surface area contributed by atoms with Gasteiger partial charge in [0.15, 0.2) is 0 Å². The molecule has 4 heteroatoms. The third-order valence-corrected chi connectivity index (χ3v) is 4.35. The Bertz CT molecular complexity index is 411. The van der Waals surface area contributed by atoms with Crippen LogP contribution in [0, 0.1) is 5.92 Å². The van der Waals surface area contributed by atoms with Gasteiger partial charge in [0.1, 0.15) is 11.6 Å². The van der Waals surface area contributed by atoms with Crippen molar-refractivity contribution in [3.63, 3.8) is 0 Å². The molecule has 17 heavy (non-hydrogen) atoms. The van der Waals surface area contributed by atoms with E-state index in [2.05, 4.69) is 6.92 Å². The van der Waals surface area contributed by atoms with Crippen molar-refractivity contribution in [3.05, 3.63) is 11.5 Å². The molecule has 4 N–H and O–H groups in total. The Labute approximate surface area is 102 Å². The molecule has 2 aliphatic rings. The fourth-order valence-electron chi connectivity index (χ4n) is 2.94. The lowest BCUT2D eigenvalue weighted by molar-refractivity contribution is 0.345. The molecular weight excluding hydrogens is 212 g/mol. The maximum absolute atomic E-state index is 6.11. The lowest BCUT2D eigenvalue weighted by atomic mass is 9.81. The summed E-state index contributed by atoms with van der Waals surface area (Å²) in [6.45, 7) is 2.33. The van der Waals surface area contributed by atoms with Gasteiger partial charge < -0.3 is 11.6 Å². The summed E-state index contributed by atoms with van der Waals surface area (Å²) in [4.78, 5) is 4.73. The summed E-state index contributed by atoms with van der Waals surface area (Å²) in [6, 6.07) is 0. The fourth-order valence-corrected chi connectivity index (χ4v) is 2.94. The number of rotatable bonds is 2. The molecule has 0 aliphatic heterocycles. The number of nitrogens with two attached hydrogens (primary N) is 2. The van der Waals surface area contributed by atoms with Gasteiger partial charge in [-0.3, -0.25) is 0 Å². The van der Waals surface area contributed by atoms with Gasteiger partial charge in [-0.25, -0.2) is 9.66 Å². The van der Waals surface area contributed by atoms with E-state index in [9.17, 15) is 0 Å². The molecule has 0 saturated heterocycles. The van der Waals surface area contributed by atoms with Gasteiger partial charge in [0.2, 0.25) is 0 Å². The van der Waals surface area contributed by atoms with Gasteiger partial charge >= 0.3 is 0 Å². The molecule has 0 unspecified atom stereocenters. The third-order valence-electron chi connectivity index (χ3n) is 4.35. The minimum Gasteiger partial charge on any atom is -0.382 e. The minimum atomic E-state index is 0.536. The maximum atomic E-state index is 6.11. The topological polar surface area (TPSA) is 69.9 Å². The zero-order chi connectivity index (χ0) is 12.0. The number of imidazole rings is 1. The smallest absolute Gasteiger partial charge is 0.146 e. The molecule has 0 aromatic carbocycles. The van der Waals surface area contributed by atoms with Crippen LogP contribution in [0.15, 0.2) is 0 Å². The average molecular weight is 234 g/mol. The molecule has 94 valence electrons. The molecule has 2 aliphatic carbocycles. The lowest BCUT2D eigenvalue weighted by Crippen LogP contribution is -2.16. The second-order valence-electron chi connectivity index (χ2n) is 5.84. The van der Waals surface area contributed by atoms with Crippen LogP contribution in [0.1, 0.15) is 68.8 Å². The summed E-state index contributed by atoms with van der Waals surface area (Å²) in [7, 11) is 0. The van der Waals surface area contributed by atoms with E-state index in [0.29, 0.717) is 17.7 Å². The molecule has 0 atom stereocenters. The standard InChI is InChI=1S/C13H22N4/c1-8-2-4-9(5-3-8)11-12(14)17(15)13(16-11)10-6-7-10/h8-10H,2-7,14-15H2,1H3. The van der Waals surface area contributed by atoms with E-state index in [0.717, 1.165) is 17.4 Å². The van der Waals surface area contributed by atoms with Gasteiger partial charge in [-0.05, 0) is 31.6 Å². The lowest BCUT2D eigenvalue weighted by Gasteiger charge is -2.25. The monoisotopic (exact) mass is 234 g/mol. The van der Waals surface area contributed by atoms with Crippen LogP contribution in [0.5, 0.6) is 0 Å². The number of nitrogen functional groups attached to an aromatic ring is 2. The van der Waals surface area contributed by atoms with E-state index in [1.54, 1.807) is 4.68 Å². The van der Waals surface area contributed by atoms with Crippen LogP contribution in [0.25, 0.3) is 0 Å². The molecule has 1 aromatic heterocycles. The Morgan fingerprint density at radius 2 is 1.65 bits per heavy atom. The number of anilines is 1. The van der Waals surface area contributed by atoms with E-state index in [-0.39, 0.29) is 0 Å². The van der Waals surface area contributed by atoms with Crippen molar-refractivity contribution in [2.75, 3.05) is 11.6 Å². The summed E-state index contributed by atoms with van der Waals surface area (Å²) in [5, 5.41) is 0. The van der Waals surface area contributed by atoms with Crippen LogP contribution < -0.4 is 11.6 Å². The Morgan fingerprint density at radius 1 is 1.06 bits per heavy atom. The van der Waals surface area contributed by atoms with Crippen LogP contribution in [-0.2, 0) is 0 Å². The van der Waals surface area contributed by atoms with Gasteiger partial charge in [-0.1, -0.05) is 19.8 Å². The molecule has 2 saturated carbocycles. The predicted molar refractivity (Wildman–Crippen MR) is 69.1 cm³/mol. The molecule has 0 radical (unpaired) electrons. The highest BCUT2D eigenvalue weighted by Gasteiger charge is 2.32. The normalized spacial score (nSPS) is 29.5. The molecular formula is C13H22N4. The number of hydrogen-bond donors (Lipinski definition) is 2. The van der Waals surface area contributed by atoms with Gasteiger partial charge in [-0.2, -0.15) is 0 Å². The van der Waals surface area contributed by atoms with Crippen molar-refractivity contribution in [1.29, 1.82) is 0 Å². The van der Waals surface area contributed by atoms with E-state index >= 15 is 0 Å². The highest BCUT2D eigenvalue weighted by Crippen LogP contribution is 2.43. The zero-order valence-corrected chi connectivity index (χ0v) is 10.5. The average Bonchev–Trinajstić information content (AvgIpc) is 3.11. The number of hydrogen-bond acceptors (Lipinski definition) is 3. The van der Waals surface area contributed by atoms with E-state index in [4.69, 9.17) is 16.6 Å². The van der Waals surface area contributed by atoms with E-state index in [1.165, 1.54) is 38.5 Å². The quantitative estimate of drug-likeness (QED) is 0.772. The Hall–Kier alpha value is -1.19. The van der Waals surface area contributed by atoms with E-state index < -0.39 is 0 Å². The Morgan fingerprint density at radius 3 is 2.24 bits per heavy atom. The van der Waals surface area contributed by atoms with Crippen LogP contribution in [0.4, 0.5) is 5.82 Å². The first-order valence-electron chi connectivity index (χ1n) is 6.80.